The van der Waals surface area contributed by atoms with E-state index in [1.54, 1.807) is 6.92 Å². The highest BCUT2D eigenvalue weighted by Gasteiger charge is 2.27. The molecule has 0 spiro atoms. The molecule has 0 aliphatic rings. The van der Waals surface area contributed by atoms with Crippen molar-refractivity contribution in [3.8, 4) is 0 Å². The van der Waals surface area contributed by atoms with Gasteiger partial charge in [0, 0.05) is 18.3 Å². The lowest BCUT2D eigenvalue weighted by molar-refractivity contribution is -0.158. The molecule has 0 aliphatic heterocycles. The smallest absolute Gasteiger partial charge is 0.316 e. The topological polar surface area (TPSA) is 69.7 Å². The van der Waals surface area contributed by atoms with Crippen LogP contribution in [0.25, 0.3) is 12.2 Å². The van der Waals surface area contributed by atoms with Gasteiger partial charge in [0.05, 0.1) is 13.2 Å². The molecular formula is C36H52O5. The summed E-state index contributed by atoms with van der Waals surface area (Å²) < 4.78 is 11.3. The Morgan fingerprint density at radius 1 is 1.00 bits per heavy atom. The molecule has 0 aromatic heterocycles. The monoisotopic (exact) mass is 564 g/mol. The van der Waals surface area contributed by atoms with E-state index in [2.05, 4.69) is 38.1 Å². The molecule has 0 saturated heterocycles. The summed E-state index contributed by atoms with van der Waals surface area (Å²) in [6.45, 7) is 16.0. The maximum Gasteiger partial charge on any atom is 0.316 e. The molecule has 0 N–H and O–H groups in total. The lowest BCUT2D eigenvalue weighted by Crippen LogP contribution is -2.31. The third-order valence-corrected chi connectivity index (χ3v) is 7.26. The minimum atomic E-state index is -0.865. The number of hydrogen-bond donors (Lipinski definition) is 0. The normalized spacial score (nSPS) is 16.5. The second kappa shape index (κ2) is 19.9. The number of hydrogen-bond acceptors (Lipinski definition) is 5. The van der Waals surface area contributed by atoms with Crippen molar-refractivity contribution in [2.75, 3.05) is 13.2 Å². The van der Waals surface area contributed by atoms with Crippen molar-refractivity contribution in [1.82, 2.24) is 0 Å². The Bertz CT molecular complexity index is 1190. The maximum absolute atomic E-state index is 12.7. The Balaban J connectivity index is 2.59. The number of benzene rings is 1. The molecule has 226 valence electrons. The minimum Gasteiger partial charge on any atom is -0.461 e. The average molecular weight is 565 g/mol. The van der Waals surface area contributed by atoms with Gasteiger partial charge in [-0.3, -0.25) is 14.4 Å². The van der Waals surface area contributed by atoms with Crippen LogP contribution in [-0.4, -0.2) is 36.9 Å². The predicted molar refractivity (Wildman–Crippen MR) is 170 cm³/mol. The third-order valence-electron chi connectivity index (χ3n) is 7.26. The van der Waals surface area contributed by atoms with Gasteiger partial charge in [0.15, 0.2) is 5.78 Å². The van der Waals surface area contributed by atoms with Crippen molar-refractivity contribution in [3.63, 3.8) is 0 Å². The number of Topliss-reactive ketones (excluding diaryl/α,β-unsaturated/α-hetero) is 2. The molecule has 0 aliphatic carbocycles. The van der Waals surface area contributed by atoms with E-state index >= 15 is 0 Å². The van der Waals surface area contributed by atoms with Crippen molar-refractivity contribution in [3.05, 3.63) is 70.2 Å². The van der Waals surface area contributed by atoms with Gasteiger partial charge >= 0.3 is 5.97 Å². The molecule has 0 heterocycles. The molecule has 0 radical (unpaired) electrons. The molecule has 4 atom stereocenters. The fourth-order valence-corrected chi connectivity index (χ4v) is 4.66. The number of ketones is 2. The largest absolute Gasteiger partial charge is 0.461 e. The van der Waals surface area contributed by atoms with Crippen LogP contribution in [-0.2, 0) is 23.9 Å². The quantitative estimate of drug-likeness (QED) is 0.0654. The van der Waals surface area contributed by atoms with E-state index in [1.165, 1.54) is 10.4 Å². The number of carbonyl (C=O) groups is 3. The number of carbonyl (C=O) groups excluding carboxylic acids is 3. The van der Waals surface area contributed by atoms with E-state index in [9.17, 15) is 14.4 Å². The van der Waals surface area contributed by atoms with Gasteiger partial charge in [0.1, 0.15) is 17.8 Å². The van der Waals surface area contributed by atoms with Crippen LogP contribution in [0.2, 0.25) is 0 Å². The summed E-state index contributed by atoms with van der Waals surface area (Å²) in [6, 6.07) is 8.29. The number of rotatable bonds is 18. The van der Waals surface area contributed by atoms with Crippen LogP contribution < -0.4 is 10.4 Å². The van der Waals surface area contributed by atoms with Crippen molar-refractivity contribution in [2.24, 2.45) is 17.8 Å². The number of esters is 1. The second-order valence-corrected chi connectivity index (χ2v) is 10.7. The Kier molecular flexibility index (Phi) is 17.5. The first-order valence-electron chi connectivity index (χ1n) is 15.2. The SMILES string of the molecule is C/C=C(\C=c1\cccc\c1=C\CC)/C=C/COCCC(=O)C(C)C(=O)O[C@H](CC)[C@H](C)/C=C(\C)C(=O)[C@H](C)CCC. The molecule has 1 rings (SSSR count). The molecule has 41 heavy (non-hydrogen) atoms. The van der Waals surface area contributed by atoms with E-state index in [1.807, 2.05) is 71.1 Å². The summed E-state index contributed by atoms with van der Waals surface area (Å²) >= 11 is 0. The first-order valence-corrected chi connectivity index (χ1v) is 15.2. The van der Waals surface area contributed by atoms with Gasteiger partial charge in [-0.2, -0.15) is 0 Å². The van der Waals surface area contributed by atoms with E-state index in [-0.39, 0.29) is 36.4 Å². The minimum absolute atomic E-state index is 0.0169. The fraction of sp³-hybridized carbons (Fsp3) is 0.528. The number of ether oxygens (including phenoxy) is 2. The van der Waals surface area contributed by atoms with Crippen molar-refractivity contribution >= 4 is 29.7 Å². The summed E-state index contributed by atoms with van der Waals surface area (Å²) in [5.74, 6) is -1.61. The van der Waals surface area contributed by atoms with Gasteiger partial charge < -0.3 is 9.47 Å². The van der Waals surface area contributed by atoms with Gasteiger partial charge in [0.25, 0.3) is 0 Å². The summed E-state index contributed by atoms with van der Waals surface area (Å²) in [6.07, 6.45) is 15.3. The zero-order valence-corrected chi connectivity index (χ0v) is 26.6. The Hall–Kier alpha value is -3.05. The molecule has 0 amide bonds. The molecule has 1 unspecified atom stereocenters. The van der Waals surface area contributed by atoms with E-state index in [0.717, 1.165) is 24.8 Å². The Morgan fingerprint density at radius 2 is 1.68 bits per heavy atom. The predicted octanol–water partition coefficient (Wildman–Crippen LogP) is 6.68. The van der Waals surface area contributed by atoms with Gasteiger partial charge in [0.2, 0.25) is 0 Å². The molecule has 0 bridgehead atoms. The van der Waals surface area contributed by atoms with Crippen LogP contribution in [0.4, 0.5) is 0 Å². The van der Waals surface area contributed by atoms with Crippen LogP contribution in [0, 0.1) is 17.8 Å². The fourth-order valence-electron chi connectivity index (χ4n) is 4.66. The standard InChI is InChI=1S/C36H52O5/c1-9-16-26(5)35(38)28(7)24-27(6)34(12-4)41-36(39)29(8)33(37)21-23-40-22-15-18-30(11-3)25-32-20-14-13-19-31(32)17-10-2/h11,13-15,17-20,24-27,29,34H,9-10,12,16,21-23H2,1-8H3/b18-15+,28-24+,30-11-,31-17-,32-25-/t26-,27-,29?,34-/m1/s1. The summed E-state index contributed by atoms with van der Waals surface area (Å²) in [4.78, 5) is 37.9. The lowest BCUT2D eigenvalue weighted by atomic mass is 9.92. The van der Waals surface area contributed by atoms with E-state index < -0.39 is 18.0 Å². The lowest BCUT2D eigenvalue weighted by Gasteiger charge is -2.23. The third kappa shape index (κ3) is 13.0. The van der Waals surface area contributed by atoms with E-state index in [4.69, 9.17) is 9.47 Å². The highest BCUT2D eigenvalue weighted by atomic mass is 16.5. The second-order valence-electron chi connectivity index (χ2n) is 10.7. The molecule has 0 fully saturated rings. The maximum atomic E-state index is 12.7. The summed E-state index contributed by atoms with van der Waals surface area (Å²) in [5.41, 5.74) is 1.77. The van der Waals surface area contributed by atoms with Crippen LogP contribution >= 0.6 is 0 Å². The summed E-state index contributed by atoms with van der Waals surface area (Å²) in [7, 11) is 0. The van der Waals surface area contributed by atoms with Gasteiger partial charge in [-0.1, -0.05) is 95.7 Å². The highest BCUT2D eigenvalue weighted by molar-refractivity contribution is 5.98. The van der Waals surface area contributed by atoms with Crippen LogP contribution in [0.15, 0.2) is 59.7 Å². The first kappa shape index (κ1) is 36.0. The van der Waals surface area contributed by atoms with Crippen molar-refractivity contribution in [1.29, 1.82) is 0 Å². The van der Waals surface area contributed by atoms with Gasteiger partial charge in [-0.15, -0.1) is 0 Å². The van der Waals surface area contributed by atoms with Crippen molar-refractivity contribution < 1.29 is 23.9 Å². The molecule has 0 saturated carbocycles. The van der Waals surface area contributed by atoms with Crippen molar-refractivity contribution in [2.45, 2.75) is 93.6 Å². The molecule has 1 aromatic carbocycles. The van der Waals surface area contributed by atoms with Gasteiger partial charge in [-0.05, 0) is 67.7 Å². The molecule has 5 nitrogen and oxygen atoms in total. The van der Waals surface area contributed by atoms with Crippen LogP contribution in [0.3, 0.4) is 0 Å². The molecule has 5 heteroatoms. The highest BCUT2D eigenvalue weighted by Crippen LogP contribution is 2.20. The average Bonchev–Trinajstić information content (AvgIpc) is 2.96. The molecular weight excluding hydrogens is 512 g/mol. The van der Waals surface area contributed by atoms with E-state index in [0.29, 0.717) is 18.6 Å². The van der Waals surface area contributed by atoms with Crippen LogP contribution in [0.5, 0.6) is 0 Å². The Morgan fingerprint density at radius 3 is 2.29 bits per heavy atom. The zero-order chi connectivity index (χ0) is 30.8. The van der Waals surface area contributed by atoms with Gasteiger partial charge in [-0.25, -0.2) is 0 Å². The molecule has 1 aromatic rings. The zero-order valence-electron chi connectivity index (χ0n) is 26.6. The Labute approximate surface area is 248 Å². The van der Waals surface area contributed by atoms with Crippen LogP contribution in [0.1, 0.15) is 87.5 Å². The summed E-state index contributed by atoms with van der Waals surface area (Å²) in [5, 5.41) is 2.38. The number of allylic oxidation sites excluding steroid dienone is 4. The first-order chi connectivity index (χ1) is 19.6.